The topological polar surface area (TPSA) is 75.7 Å². The van der Waals surface area contributed by atoms with Crippen LogP contribution in [0.2, 0.25) is 0 Å². The third kappa shape index (κ3) is 4.07. The number of carbonyl (C=O) groups is 1. The molecule has 1 N–H and O–H groups in total. The van der Waals surface area contributed by atoms with Gasteiger partial charge in [0.2, 0.25) is 15.9 Å². The average Bonchev–Trinajstić information content (AvgIpc) is 2.62. The molecule has 2 aliphatic heterocycles. The molecule has 2 heterocycles. The molecule has 3 rings (SSSR count). The van der Waals surface area contributed by atoms with E-state index in [0.29, 0.717) is 45.6 Å². The molecule has 2 fully saturated rings. The van der Waals surface area contributed by atoms with Gasteiger partial charge in [-0.05, 0) is 43.4 Å². The van der Waals surface area contributed by atoms with Crippen LogP contribution in [0, 0.1) is 5.82 Å². The molecule has 0 spiro atoms. The van der Waals surface area contributed by atoms with Crippen LogP contribution in [0.5, 0.6) is 0 Å². The maximum Gasteiger partial charge on any atom is 0.231 e. The molecule has 0 bridgehead atoms. The van der Waals surface area contributed by atoms with E-state index in [4.69, 9.17) is 4.74 Å². The summed E-state index contributed by atoms with van der Waals surface area (Å²) < 4.78 is 43.8. The maximum atomic E-state index is 13.3. The highest BCUT2D eigenvalue weighted by Gasteiger charge is 2.43. The number of nitrogens with zero attached hydrogens (tertiary/aromatic N) is 1. The van der Waals surface area contributed by atoms with Gasteiger partial charge in [0.05, 0.1) is 11.7 Å². The summed E-state index contributed by atoms with van der Waals surface area (Å²) in [5.41, 5.74) is 0.00902. The number of halogens is 1. The van der Waals surface area contributed by atoms with Crippen LogP contribution in [0.1, 0.15) is 31.2 Å². The van der Waals surface area contributed by atoms with E-state index in [2.05, 4.69) is 5.32 Å². The van der Waals surface area contributed by atoms with Crippen LogP contribution in [-0.4, -0.2) is 57.2 Å². The van der Waals surface area contributed by atoms with E-state index < -0.39 is 15.4 Å². The van der Waals surface area contributed by atoms with Gasteiger partial charge in [0.1, 0.15) is 5.82 Å². The second-order valence-electron chi connectivity index (χ2n) is 7.13. The molecule has 8 heteroatoms. The first kappa shape index (κ1) is 19.3. The summed E-state index contributed by atoms with van der Waals surface area (Å²) in [6.07, 6.45) is 3.69. The SMILES string of the molecule is CS(=O)(=O)N1CCCC(NC(=O)C2(c3ccc(F)cc3)CCOCC2)C1. The first-order chi connectivity index (χ1) is 12.3. The number of piperidine rings is 1. The first-order valence-electron chi connectivity index (χ1n) is 8.91. The summed E-state index contributed by atoms with van der Waals surface area (Å²) in [6.45, 7) is 1.71. The lowest BCUT2D eigenvalue weighted by molar-refractivity contribution is -0.131. The molecular formula is C18H25FN2O4S. The van der Waals surface area contributed by atoms with Gasteiger partial charge in [-0.15, -0.1) is 0 Å². The molecule has 1 aromatic rings. The summed E-state index contributed by atoms with van der Waals surface area (Å²) in [6, 6.07) is 5.83. The summed E-state index contributed by atoms with van der Waals surface area (Å²) in [4.78, 5) is 13.2. The number of sulfonamides is 1. The lowest BCUT2D eigenvalue weighted by atomic mass is 9.73. The highest BCUT2D eigenvalue weighted by molar-refractivity contribution is 7.88. The zero-order valence-electron chi connectivity index (χ0n) is 14.9. The standard InChI is InChI=1S/C18H25FN2O4S/c1-26(23,24)21-10-2-3-16(13-21)20-17(22)18(8-11-25-12-9-18)14-4-6-15(19)7-5-14/h4-7,16H,2-3,8-13H2,1H3,(H,20,22). The van der Waals surface area contributed by atoms with Crippen molar-refractivity contribution in [3.63, 3.8) is 0 Å². The minimum Gasteiger partial charge on any atom is -0.381 e. The third-order valence-electron chi connectivity index (χ3n) is 5.37. The van der Waals surface area contributed by atoms with E-state index in [9.17, 15) is 17.6 Å². The summed E-state index contributed by atoms with van der Waals surface area (Å²) in [7, 11) is -3.27. The zero-order chi connectivity index (χ0) is 18.8. The Morgan fingerprint density at radius 3 is 2.54 bits per heavy atom. The molecule has 2 aliphatic rings. The second kappa shape index (κ2) is 7.62. The van der Waals surface area contributed by atoms with Gasteiger partial charge in [-0.2, -0.15) is 0 Å². The number of carbonyl (C=O) groups excluding carboxylic acids is 1. The Balaban J connectivity index is 1.79. The van der Waals surface area contributed by atoms with Crippen molar-refractivity contribution in [2.24, 2.45) is 0 Å². The molecule has 0 radical (unpaired) electrons. The van der Waals surface area contributed by atoms with Crippen LogP contribution >= 0.6 is 0 Å². The Kier molecular flexibility index (Phi) is 5.64. The third-order valence-corrected chi connectivity index (χ3v) is 6.64. The molecule has 6 nitrogen and oxygen atoms in total. The minimum absolute atomic E-state index is 0.132. The molecule has 2 saturated heterocycles. The predicted molar refractivity (Wildman–Crippen MR) is 95.7 cm³/mol. The van der Waals surface area contributed by atoms with Crippen LogP contribution in [0.15, 0.2) is 24.3 Å². The molecule has 1 amide bonds. The number of rotatable bonds is 4. The van der Waals surface area contributed by atoms with Gasteiger partial charge in [0.25, 0.3) is 0 Å². The molecule has 1 unspecified atom stereocenters. The second-order valence-corrected chi connectivity index (χ2v) is 9.12. The Morgan fingerprint density at radius 1 is 1.27 bits per heavy atom. The summed E-state index contributed by atoms with van der Waals surface area (Å²) in [5, 5.41) is 3.05. The maximum absolute atomic E-state index is 13.3. The van der Waals surface area contributed by atoms with Gasteiger partial charge < -0.3 is 10.1 Å². The molecule has 0 aliphatic carbocycles. The monoisotopic (exact) mass is 384 g/mol. The van der Waals surface area contributed by atoms with Crippen LogP contribution in [0.25, 0.3) is 0 Å². The first-order valence-corrected chi connectivity index (χ1v) is 10.8. The lowest BCUT2D eigenvalue weighted by Gasteiger charge is -2.39. The van der Waals surface area contributed by atoms with Crippen molar-refractivity contribution in [2.45, 2.75) is 37.1 Å². The zero-order valence-corrected chi connectivity index (χ0v) is 15.7. The van der Waals surface area contributed by atoms with Crippen LogP contribution in [-0.2, 0) is 25.0 Å². The van der Waals surface area contributed by atoms with Crippen LogP contribution in [0.4, 0.5) is 4.39 Å². The minimum atomic E-state index is -3.27. The predicted octanol–water partition coefficient (Wildman–Crippen LogP) is 1.41. The molecule has 26 heavy (non-hydrogen) atoms. The van der Waals surface area contributed by atoms with Gasteiger partial charge in [-0.3, -0.25) is 4.79 Å². The average molecular weight is 384 g/mol. The smallest absolute Gasteiger partial charge is 0.231 e. The van der Waals surface area contributed by atoms with Crippen molar-refractivity contribution in [2.75, 3.05) is 32.6 Å². The summed E-state index contributed by atoms with van der Waals surface area (Å²) in [5.74, 6) is -0.472. The van der Waals surface area contributed by atoms with E-state index in [0.717, 1.165) is 12.0 Å². The number of hydrogen-bond donors (Lipinski definition) is 1. The summed E-state index contributed by atoms with van der Waals surface area (Å²) >= 11 is 0. The normalized spacial score (nSPS) is 24.2. The van der Waals surface area contributed by atoms with Gasteiger partial charge in [-0.25, -0.2) is 17.1 Å². The highest BCUT2D eigenvalue weighted by atomic mass is 32.2. The number of ether oxygens (including phenoxy) is 1. The number of benzene rings is 1. The number of nitrogens with one attached hydrogen (secondary N) is 1. The van der Waals surface area contributed by atoms with E-state index in [1.807, 2.05) is 0 Å². The Morgan fingerprint density at radius 2 is 1.92 bits per heavy atom. The molecule has 144 valence electrons. The quantitative estimate of drug-likeness (QED) is 0.852. The van der Waals surface area contributed by atoms with Gasteiger partial charge in [0, 0.05) is 32.3 Å². The largest absolute Gasteiger partial charge is 0.381 e. The fraction of sp³-hybridized carbons (Fsp3) is 0.611. The van der Waals surface area contributed by atoms with Crippen molar-refractivity contribution < 1.29 is 22.3 Å². The van der Waals surface area contributed by atoms with Gasteiger partial charge >= 0.3 is 0 Å². The molecule has 0 aromatic heterocycles. The van der Waals surface area contributed by atoms with Gasteiger partial charge in [0.15, 0.2) is 0 Å². The molecular weight excluding hydrogens is 359 g/mol. The van der Waals surface area contributed by atoms with Crippen molar-refractivity contribution >= 4 is 15.9 Å². The van der Waals surface area contributed by atoms with E-state index >= 15 is 0 Å². The lowest BCUT2D eigenvalue weighted by Crippen LogP contribution is -2.55. The Labute approximate surface area is 153 Å². The molecule has 1 atom stereocenters. The van der Waals surface area contributed by atoms with Crippen LogP contribution in [0.3, 0.4) is 0 Å². The molecule has 1 aromatic carbocycles. The Hall–Kier alpha value is -1.51. The van der Waals surface area contributed by atoms with Gasteiger partial charge in [-0.1, -0.05) is 12.1 Å². The van der Waals surface area contributed by atoms with Crippen molar-refractivity contribution in [1.82, 2.24) is 9.62 Å². The van der Waals surface area contributed by atoms with Crippen molar-refractivity contribution in [3.8, 4) is 0 Å². The van der Waals surface area contributed by atoms with E-state index in [1.165, 1.54) is 22.7 Å². The van der Waals surface area contributed by atoms with Crippen LogP contribution < -0.4 is 5.32 Å². The fourth-order valence-corrected chi connectivity index (χ4v) is 4.73. The highest BCUT2D eigenvalue weighted by Crippen LogP contribution is 2.35. The van der Waals surface area contributed by atoms with Crippen molar-refractivity contribution in [3.05, 3.63) is 35.6 Å². The van der Waals surface area contributed by atoms with E-state index in [1.54, 1.807) is 12.1 Å². The molecule has 0 saturated carbocycles. The number of amides is 1. The van der Waals surface area contributed by atoms with E-state index in [-0.39, 0.29) is 17.8 Å². The van der Waals surface area contributed by atoms with Crippen molar-refractivity contribution in [1.29, 1.82) is 0 Å². The Bertz CT molecular complexity index is 745. The fourth-order valence-electron chi connectivity index (χ4n) is 3.82. The number of hydrogen-bond acceptors (Lipinski definition) is 4.